The number of carbonyl (C=O) groups is 1. The molecule has 1 N–H and O–H groups in total. The van der Waals surface area contributed by atoms with Crippen LogP contribution in [0.5, 0.6) is 0 Å². The van der Waals surface area contributed by atoms with Crippen LogP contribution in [-0.4, -0.2) is 25.7 Å². The van der Waals surface area contributed by atoms with E-state index in [-0.39, 0.29) is 30.2 Å². The lowest BCUT2D eigenvalue weighted by Gasteiger charge is -2.22. The molecule has 8 heteroatoms. The summed E-state index contributed by atoms with van der Waals surface area (Å²) in [5.74, 6) is -0.631. The highest BCUT2D eigenvalue weighted by molar-refractivity contribution is 5.76. The number of rotatable bonds is 6. The van der Waals surface area contributed by atoms with Gasteiger partial charge in [0.2, 0.25) is 5.91 Å². The lowest BCUT2D eigenvalue weighted by atomic mass is 9.96. The standard InChI is InChI=1S/C19H20FN5O2/c1-13(2)18(14-8-10-15(20)11-9-14)21-17(26)12-24-19(27)25(23-22-24)16-6-4-3-5-7-16/h3-11,13,18H,12H2,1-2H3,(H,21,26)/t18-/m0/s1. The number of nitrogens with one attached hydrogen (secondary N) is 1. The second kappa shape index (κ2) is 7.94. The topological polar surface area (TPSA) is 81.8 Å². The fraction of sp³-hybridized carbons (Fsp3) is 0.263. The Balaban J connectivity index is 1.74. The predicted octanol–water partition coefficient (Wildman–Crippen LogP) is 2.08. The molecule has 0 radical (unpaired) electrons. The molecule has 1 aromatic heterocycles. The maximum atomic E-state index is 13.1. The minimum atomic E-state index is -0.501. The molecule has 0 aliphatic rings. The molecule has 0 spiro atoms. The fourth-order valence-electron chi connectivity index (χ4n) is 2.76. The number of hydrogen-bond acceptors (Lipinski definition) is 4. The van der Waals surface area contributed by atoms with Crippen molar-refractivity contribution in [3.05, 3.63) is 76.5 Å². The van der Waals surface area contributed by atoms with Crippen LogP contribution in [-0.2, 0) is 11.3 Å². The molecular weight excluding hydrogens is 349 g/mol. The number of halogens is 1. The van der Waals surface area contributed by atoms with Crippen LogP contribution in [0.1, 0.15) is 25.5 Å². The van der Waals surface area contributed by atoms with E-state index in [2.05, 4.69) is 15.7 Å². The van der Waals surface area contributed by atoms with Gasteiger partial charge in [0.25, 0.3) is 0 Å². The summed E-state index contributed by atoms with van der Waals surface area (Å²) >= 11 is 0. The zero-order valence-electron chi connectivity index (χ0n) is 15.0. The molecule has 0 unspecified atom stereocenters. The first-order valence-corrected chi connectivity index (χ1v) is 8.59. The lowest BCUT2D eigenvalue weighted by molar-refractivity contribution is -0.123. The quantitative estimate of drug-likeness (QED) is 0.721. The van der Waals surface area contributed by atoms with E-state index in [0.717, 1.165) is 14.9 Å². The van der Waals surface area contributed by atoms with Gasteiger partial charge in [0.05, 0.1) is 11.7 Å². The van der Waals surface area contributed by atoms with Gasteiger partial charge in [-0.05, 0) is 46.2 Å². The van der Waals surface area contributed by atoms with E-state index in [0.29, 0.717) is 5.69 Å². The van der Waals surface area contributed by atoms with Gasteiger partial charge in [-0.1, -0.05) is 44.2 Å². The molecule has 0 bridgehead atoms. The lowest BCUT2D eigenvalue weighted by Crippen LogP contribution is -2.37. The summed E-state index contributed by atoms with van der Waals surface area (Å²) in [6.45, 7) is 3.65. The summed E-state index contributed by atoms with van der Waals surface area (Å²) < 4.78 is 15.3. The van der Waals surface area contributed by atoms with Crippen molar-refractivity contribution < 1.29 is 9.18 Å². The molecule has 0 saturated carbocycles. The molecule has 0 aliphatic heterocycles. The van der Waals surface area contributed by atoms with Crippen molar-refractivity contribution in [2.45, 2.75) is 26.4 Å². The Morgan fingerprint density at radius 2 is 1.74 bits per heavy atom. The first kappa shape index (κ1) is 18.5. The minimum Gasteiger partial charge on any atom is -0.347 e. The van der Waals surface area contributed by atoms with Crippen LogP contribution >= 0.6 is 0 Å². The van der Waals surface area contributed by atoms with Crippen LogP contribution in [0.4, 0.5) is 4.39 Å². The van der Waals surface area contributed by atoms with E-state index in [1.165, 1.54) is 12.1 Å². The molecule has 2 aromatic carbocycles. The van der Waals surface area contributed by atoms with Crippen molar-refractivity contribution in [3.63, 3.8) is 0 Å². The minimum absolute atomic E-state index is 0.0798. The molecule has 0 aliphatic carbocycles. The number of benzene rings is 2. The van der Waals surface area contributed by atoms with Crippen LogP contribution in [0.3, 0.4) is 0 Å². The first-order chi connectivity index (χ1) is 13.0. The Kier molecular flexibility index (Phi) is 5.44. The number of nitrogens with zero attached hydrogens (tertiary/aromatic N) is 4. The largest absolute Gasteiger partial charge is 0.368 e. The Morgan fingerprint density at radius 1 is 1.07 bits per heavy atom. The Labute approximate surface area is 155 Å². The summed E-state index contributed by atoms with van der Waals surface area (Å²) in [4.78, 5) is 24.9. The highest BCUT2D eigenvalue weighted by atomic mass is 19.1. The van der Waals surface area contributed by atoms with Gasteiger partial charge in [-0.15, -0.1) is 0 Å². The number of tetrazole rings is 1. The highest BCUT2D eigenvalue weighted by Crippen LogP contribution is 2.21. The molecule has 1 atom stereocenters. The van der Waals surface area contributed by atoms with Gasteiger partial charge >= 0.3 is 5.69 Å². The number of para-hydroxylation sites is 1. The Bertz CT molecular complexity index is 964. The smallest absolute Gasteiger partial charge is 0.347 e. The third-order valence-corrected chi connectivity index (χ3v) is 4.15. The molecular formula is C19H20FN5O2. The van der Waals surface area contributed by atoms with Crippen LogP contribution in [0.25, 0.3) is 5.69 Å². The van der Waals surface area contributed by atoms with E-state index in [1.54, 1.807) is 36.4 Å². The molecule has 3 rings (SSSR count). The van der Waals surface area contributed by atoms with E-state index in [4.69, 9.17) is 0 Å². The Morgan fingerprint density at radius 3 is 2.37 bits per heavy atom. The number of carbonyl (C=O) groups excluding carboxylic acids is 1. The third kappa shape index (κ3) is 4.28. The van der Waals surface area contributed by atoms with Crippen LogP contribution in [0, 0.1) is 11.7 Å². The summed E-state index contributed by atoms with van der Waals surface area (Å²) in [6.07, 6.45) is 0. The maximum absolute atomic E-state index is 13.1. The highest BCUT2D eigenvalue weighted by Gasteiger charge is 2.20. The van der Waals surface area contributed by atoms with Crippen LogP contribution in [0.2, 0.25) is 0 Å². The van der Waals surface area contributed by atoms with Crippen LogP contribution < -0.4 is 11.0 Å². The molecule has 3 aromatic rings. The van der Waals surface area contributed by atoms with Gasteiger partial charge in [-0.25, -0.2) is 9.18 Å². The predicted molar refractivity (Wildman–Crippen MR) is 97.7 cm³/mol. The van der Waals surface area contributed by atoms with Gasteiger partial charge in [-0.2, -0.15) is 9.36 Å². The zero-order chi connectivity index (χ0) is 19.4. The van der Waals surface area contributed by atoms with Crippen molar-refractivity contribution in [2.75, 3.05) is 0 Å². The molecule has 140 valence electrons. The normalized spacial score (nSPS) is 12.1. The zero-order valence-corrected chi connectivity index (χ0v) is 15.0. The first-order valence-electron chi connectivity index (χ1n) is 8.59. The van der Waals surface area contributed by atoms with Crippen molar-refractivity contribution >= 4 is 5.91 Å². The average Bonchev–Trinajstić information content (AvgIpc) is 3.01. The van der Waals surface area contributed by atoms with E-state index >= 15 is 0 Å². The summed E-state index contributed by atoms with van der Waals surface area (Å²) in [6, 6.07) is 14.5. The van der Waals surface area contributed by atoms with Gasteiger partial charge < -0.3 is 5.32 Å². The van der Waals surface area contributed by atoms with Crippen molar-refractivity contribution in [1.29, 1.82) is 0 Å². The average molecular weight is 369 g/mol. The second-order valence-corrected chi connectivity index (χ2v) is 6.51. The van der Waals surface area contributed by atoms with E-state index < -0.39 is 5.69 Å². The third-order valence-electron chi connectivity index (χ3n) is 4.15. The van der Waals surface area contributed by atoms with Crippen molar-refractivity contribution in [1.82, 2.24) is 25.1 Å². The van der Waals surface area contributed by atoms with E-state index in [1.807, 2.05) is 19.9 Å². The number of amides is 1. The summed E-state index contributed by atoms with van der Waals surface area (Å²) in [5.41, 5.74) is 0.861. The molecule has 1 amide bonds. The van der Waals surface area contributed by atoms with Gasteiger partial charge in [-0.3, -0.25) is 4.79 Å². The van der Waals surface area contributed by atoms with Crippen molar-refractivity contribution in [2.24, 2.45) is 5.92 Å². The summed E-state index contributed by atoms with van der Waals surface area (Å²) in [7, 11) is 0. The summed E-state index contributed by atoms with van der Waals surface area (Å²) in [5, 5.41) is 10.5. The fourth-order valence-corrected chi connectivity index (χ4v) is 2.76. The van der Waals surface area contributed by atoms with Gasteiger partial charge in [0.15, 0.2) is 0 Å². The molecule has 0 saturated heterocycles. The molecule has 0 fully saturated rings. The van der Waals surface area contributed by atoms with E-state index in [9.17, 15) is 14.0 Å². The van der Waals surface area contributed by atoms with Gasteiger partial charge in [0.1, 0.15) is 12.4 Å². The second-order valence-electron chi connectivity index (χ2n) is 6.51. The van der Waals surface area contributed by atoms with Crippen LogP contribution in [0.15, 0.2) is 59.4 Å². The number of hydrogen-bond donors (Lipinski definition) is 1. The molecule has 27 heavy (non-hydrogen) atoms. The maximum Gasteiger partial charge on any atom is 0.368 e. The monoisotopic (exact) mass is 369 g/mol. The number of aromatic nitrogens is 4. The Hall–Kier alpha value is -3.29. The SMILES string of the molecule is CC(C)[C@H](NC(=O)Cn1nnn(-c2ccccc2)c1=O)c1ccc(F)cc1. The molecule has 1 heterocycles. The van der Waals surface area contributed by atoms with Crippen molar-refractivity contribution in [3.8, 4) is 5.69 Å². The van der Waals surface area contributed by atoms with Gasteiger partial charge in [0, 0.05) is 0 Å². The molecule has 7 nitrogen and oxygen atoms in total.